The SMILES string of the molecule is CCC(C)c1ccc(Oc2c(C)cccc2C#N)cc1. The van der Waals surface area contributed by atoms with E-state index in [1.807, 2.05) is 31.2 Å². The van der Waals surface area contributed by atoms with Crippen LogP contribution in [0.2, 0.25) is 0 Å². The van der Waals surface area contributed by atoms with Crippen LogP contribution in [0.5, 0.6) is 11.5 Å². The fourth-order valence-electron chi connectivity index (χ4n) is 2.09. The number of rotatable bonds is 4. The molecule has 0 heterocycles. The lowest BCUT2D eigenvalue weighted by Crippen LogP contribution is -1.93. The van der Waals surface area contributed by atoms with E-state index in [1.54, 1.807) is 6.07 Å². The minimum absolute atomic E-state index is 0.553. The Labute approximate surface area is 120 Å². The van der Waals surface area contributed by atoms with Gasteiger partial charge in [-0.3, -0.25) is 0 Å². The summed E-state index contributed by atoms with van der Waals surface area (Å²) in [4.78, 5) is 0. The van der Waals surface area contributed by atoms with Crippen molar-refractivity contribution in [3.05, 3.63) is 59.2 Å². The molecule has 0 saturated heterocycles. The van der Waals surface area contributed by atoms with E-state index >= 15 is 0 Å². The zero-order chi connectivity index (χ0) is 14.5. The van der Waals surface area contributed by atoms with Crippen LogP contribution in [0.25, 0.3) is 0 Å². The quantitative estimate of drug-likeness (QED) is 0.763. The second kappa shape index (κ2) is 6.25. The largest absolute Gasteiger partial charge is 0.456 e. The van der Waals surface area contributed by atoms with Crippen molar-refractivity contribution in [3.8, 4) is 17.6 Å². The van der Waals surface area contributed by atoms with Crippen molar-refractivity contribution < 1.29 is 4.74 Å². The predicted molar refractivity (Wildman–Crippen MR) is 81.1 cm³/mol. The van der Waals surface area contributed by atoms with Crippen molar-refractivity contribution in [2.75, 3.05) is 0 Å². The number of aryl methyl sites for hydroxylation is 1. The summed E-state index contributed by atoms with van der Waals surface area (Å²) >= 11 is 0. The first kappa shape index (κ1) is 14.1. The van der Waals surface area contributed by atoms with Crippen molar-refractivity contribution in [2.45, 2.75) is 33.1 Å². The molecular weight excluding hydrogens is 246 g/mol. The lowest BCUT2D eigenvalue weighted by Gasteiger charge is -2.12. The third-order valence-electron chi connectivity index (χ3n) is 3.61. The molecule has 0 aliphatic carbocycles. The molecule has 2 nitrogen and oxygen atoms in total. The van der Waals surface area contributed by atoms with E-state index in [9.17, 15) is 0 Å². The van der Waals surface area contributed by atoms with Crippen LogP contribution in [0.3, 0.4) is 0 Å². The topological polar surface area (TPSA) is 33.0 Å². The first-order valence-corrected chi connectivity index (χ1v) is 6.93. The molecule has 0 aromatic heterocycles. The van der Waals surface area contributed by atoms with E-state index in [4.69, 9.17) is 10.00 Å². The van der Waals surface area contributed by atoms with Gasteiger partial charge < -0.3 is 4.74 Å². The highest BCUT2D eigenvalue weighted by Gasteiger charge is 2.08. The molecular formula is C18H19NO. The molecule has 0 amide bonds. The number of benzene rings is 2. The number of nitriles is 1. The Bertz CT molecular complexity index is 623. The van der Waals surface area contributed by atoms with Gasteiger partial charge in [0, 0.05) is 0 Å². The molecule has 0 N–H and O–H groups in total. The van der Waals surface area contributed by atoms with E-state index < -0.39 is 0 Å². The highest BCUT2D eigenvalue weighted by Crippen LogP contribution is 2.29. The molecule has 20 heavy (non-hydrogen) atoms. The summed E-state index contributed by atoms with van der Waals surface area (Å²) in [7, 11) is 0. The molecule has 0 bridgehead atoms. The maximum atomic E-state index is 9.14. The van der Waals surface area contributed by atoms with Crippen molar-refractivity contribution in [1.82, 2.24) is 0 Å². The highest BCUT2D eigenvalue weighted by molar-refractivity contribution is 5.50. The summed E-state index contributed by atoms with van der Waals surface area (Å²) in [6, 6.07) is 15.9. The minimum Gasteiger partial charge on any atom is -0.456 e. The second-order valence-electron chi connectivity index (χ2n) is 5.04. The van der Waals surface area contributed by atoms with E-state index in [1.165, 1.54) is 5.56 Å². The van der Waals surface area contributed by atoms with E-state index in [0.29, 0.717) is 17.2 Å². The Morgan fingerprint density at radius 1 is 1.15 bits per heavy atom. The van der Waals surface area contributed by atoms with Gasteiger partial charge >= 0.3 is 0 Å². The molecule has 0 aliphatic heterocycles. The Morgan fingerprint density at radius 2 is 1.85 bits per heavy atom. The molecule has 2 rings (SSSR count). The molecule has 2 heteroatoms. The summed E-state index contributed by atoms with van der Waals surface area (Å²) < 4.78 is 5.88. The fraction of sp³-hybridized carbons (Fsp3) is 0.278. The van der Waals surface area contributed by atoms with Crippen molar-refractivity contribution in [1.29, 1.82) is 5.26 Å². The maximum Gasteiger partial charge on any atom is 0.148 e. The zero-order valence-corrected chi connectivity index (χ0v) is 12.2. The van der Waals surface area contributed by atoms with Gasteiger partial charge in [0.1, 0.15) is 17.6 Å². The van der Waals surface area contributed by atoms with Crippen LogP contribution in [0.15, 0.2) is 42.5 Å². The van der Waals surface area contributed by atoms with Crippen molar-refractivity contribution in [2.24, 2.45) is 0 Å². The number of para-hydroxylation sites is 1. The lowest BCUT2D eigenvalue weighted by atomic mass is 9.99. The smallest absolute Gasteiger partial charge is 0.148 e. The molecule has 0 spiro atoms. The maximum absolute atomic E-state index is 9.14. The number of hydrogen-bond acceptors (Lipinski definition) is 2. The predicted octanol–water partition coefficient (Wildman–Crippen LogP) is 5.17. The summed E-state index contributed by atoms with van der Waals surface area (Å²) in [6.07, 6.45) is 1.12. The molecule has 1 atom stereocenters. The average molecular weight is 265 g/mol. The Morgan fingerprint density at radius 3 is 2.45 bits per heavy atom. The summed E-state index contributed by atoms with van der Waals surface area (Å²) in [5.41, 5.74) is 2.84. The van der Waals surface area contributed by atoms with Gasteiger partial charge in [0.2, 0.25) is 0 Å². The first-order chi connectivity index (χ1) is 9.65. The van der Waals surface area contributed by atoms with Crippen LogP contribution in [-0.2, 0) is 0 Å². The normalized spacial score (nSPS) is 11.7. The van der Waals surface area contributed by atoms with Crippen molar-refractivity contribution >= 4 is 0 Å². The molecule has 1 unspecified atom stereocenters. The molecule has 2 aromatic rings. The van der Waals surface area contributed by atoms with Gasteiger partial charge in [-0.2, -0.15) is 5.26 Å². The molecule has 2 aromatic carbocycles. The summed E-state index contributed by atoms with van der Waals surface area (Å²) in [5, 5.41) is 9.14. The average Bonchev–Trinajstić information content (AvgIpc) is 2.49. The van der Waals surface area contributed by atoms with Crippen LogP contribution in [0.1, 0.15) is 42.9 Å². The first-order valence-electron chi connectivity index (χ1n) is 6.93. The molecule has 102 valence electrons. The zero-order valence-electron chi connectivity index (χ0n) is 12.2. The van der Waals surface area contributed by atoms with Gasteiger partial charge in [-0.1, -0.05) is 38.1 Å². The van der Waals surface area contributed by atoms with Gasteiger partial charge in [-0.25, -0.2) is 0 Å². The van der Waals surface area contributed by atoms with Gasteiger partial charge in [0.05, 0.1) is 5.56 Å². The molecule has 0 fully saturated rings. The summed E-state index contributed by atoms with van der Waals surface area (Å²) in [5.74, 6) is 1.96. The Kier molecular flexibility index (Phi) is 4.42. The third-order valence-corrected chi connectivity index (χ3v) is 3.61. The fourth-order valence-corrected chi connectivity index (χ4v) is 2.09. The van der Waals surface area contributed by atoms with Crippen LogP contribution < -0.4 is 4.74 Å². The number of nitrogens with zero attached hydrogens (tertiary/aromatic N) is 1. The molecule has 0 aliphatic rings. The highest BCUT2D eigenvalue weighted by atomic mass is 16.5. The standard InChI is InChI=1S/C18H19NO/c1-4-13(2)15-8-10-17(11-9-15)20-18-14(3)6-5-7-16(18)12-19/h5-11,13H,4H2,1-3H3. The third kappa shape index (κ3) is 3.00. The van der Waals surface area contributed by atoms with Crippen LogP contribution in [-0.4, -0.2) is 0 Å². The van der Waals surface area contributed by atoms with Crippen LogP contribution in [0, 0.1) is 18.3 Å². The van der Waals surface area contributed by atoms with Gasteiger partial charge in [0.25, 0.3) is 0 Å². The van der Waals surface area contributed by atoms with Crippen molar-refractivity contribution in [3.63, 3.8) is 0 Å². The van der Waals surface area contributed by atoms with E-state index in [2.05, 4.69) is 32.0 Å². The lowest BCUT2D eigenvalue weighted by molar-refractivity contribution is 0.477. The number of ether oxygens (including phenoxy) is 1. The minimum atomic E-state index is 0.553. The molecule has 0 saturated carbocycles. The van der Waals surface area contributed by atoms with Gasteiger partial charge in [-0.05, 0) is 48.6 Å². The Balaban J connectivity index is 2.25. The van der Waals surface area contributed by atoms with Gasteiger partial charge in [0.15, 0.2) is 0 Å². The second-order valence-corrected chi connectivity index (χ2v) is 5.04. The van der Waals surface area contributed by atoms with Crippen LogP contribution in [0.4, 0.5) is 0 Å². The number of hydrogen-bond donors (Lipinski definition) is 0. The summed E-state index contributed by atoms with van der Waals surface area (Å²) in [6.45, 7) is 6.34. The van der Waals surface area contributed by atoms with Gasteiger partial charge in [-0.15, -0.1) is 0 Å². The monoisotopic (exact) mass is 265 g/mol. The van der Waals surface area contributed by atoms with E-state index in [-0.39, 0.29) is 0 Å². The molecule has 0 radical (unpaired) electrons. The Hall–Kier alpha value is -2.27. The van der Waals surface area contributed by atoms with Crippen LogP contribution >= 0.6 is 0 Å². The van der Waals surface area contributed by atoms with E-state index in [0.717, 1.165) is 17.7 Å².